The fourth-order valence-corrected chi connectivity index (χ4v) is 21.6. The average Bonchev–Trinajstić information content (AvgIpc) is 0.745. The Morgan fingerprint density at radius 2 is 0.687 bits per heavy atom. The molecule has 134 heavy (non-hydrogen) atoms. The van der Waals surface area contributed by atoms with Gasteiger partial charge in [-0.05, 0) is 127 Å². The molecular formula is C121H205N2O9S2-. The topological polar surface area (TPSA) is 155 Å². The van der Waals surface area contributed by atoms with Crippen LogP contribution in [0.4, 0.5) is 5.69 Å². The van der Waals surface area contributed by atoms with E-state index in [9.17, 15) is 28.1 Å². The van der Waals surface area contributed by atoms with Crippen LogP contribution in [0.25, 0.3) is 44.2 Å². The molecule has 2 aliphatic rings. The Kier molecular flexibility index (Phi) is 76.2. The highest BCUT2D eigenvalue weighted by Gasteiger charge is 2.25. The van der Waals surface area contributed by atoms with Crippen LogP contribution >= 0.6 is 12.0 Å². The molecule has 0 fully saturated rings. The van der Waals surface area contributed by atoms with E-state index < -0.39 is 16.1 Å². The van der Waals surface area contributed by atoms with Crippen molar-refractivity contribution < 1.29 is 41.9 Å². The van der Waals surface area contributed by atoms with Gasteiger partial charge in [-0.1, -0.05) is 517 Å². The van der Waals surface area contributed by atoms with Gasteiger partial charge in [0.1, 0.15) is 34.6 Å². The van der Waals surface area contributed by atoms with Crippen molar-refractivity contribution in [3.8, 4) is 22.5 Å². The van der Waals surface area contributed by atoms with Gasteiger partial charge in [-0.3, -0.25) is 5.04 Å². The third-order valence-corrected chi connectivity index (χ3v) is 30.3. The first kappa shape index (κ1) is 122. The van der Waals surface area contributed by atoms with E-state index in [4.69, 9.17) is 4.42 Å². The first-order valence-electron chi connectivity index (χ1n) is 57.3. The van der Waals surface area contributed by atoms with Crippen molar-refractivity contribution in [1.29, 1.82) is 0 Å². The van der Waals surface area contributed by atoms with Gasteiger partial charge in [0.25, 0.3) is 0 Å². The Morgan fingerprint density at radius 1 is 0.366 bits per heavy atom. The number of unbranched alkanes of at least 4 members (excludes halogenated alkanes) is 72. The molecule has 13 heteroatoms. The zero-order valence-corrected chi connectivity index (χ0v) is 88.5. The number of aryl methyl sites for hydroxylation is 2. The quantitative estimate of drug-likeness (QED) is 0.00738. The molecule has 11 nitrogen and oxygen atoms in total. The Labute approximate surface area is 829 Å². The zero-order chi connectivity index (χ0) is 95.0. The predicted octanol–water partition coefficient (Wildman–Crippen LogP) is 38.7. The molecule has 0 radical (unpaired) electrons. The first-order valence-corrected chi connectivity index (χ1v) is 59.4. The summed E-state index contributed by atoms with van der Waals surface area (Å²) in [6, 6.07) is 28.6. The smallest absolute Gasteiger partial charge is 0.336 e. The number of aromatic carboxylic acids is 1. The standard InChI is InChI=1S/C92H158N2O3.C28H44O6S2.CH4/c1-5-9-13-17-21-25-29-33-37-41-45-49-53-57-61-67-77-93(78-68-62-58-54-50-46-42-38-34-30-26-22-18-14-10-6-2)83-73-75-87-89(81-83)97-90-82-84(74-76-88(90)91(87)85-71-65-66-72-86(85)92(95)96)94(79-69-63-59-55-51-47-43-39-35-31-27-23-19-15-11-7-3)80-70-64-60-56-52-48-44-40-36-32-28-24-20-16-12-8-4;1-3-5-7-9-11-13-15-17-23-19-25-20-24(18-16-14-12-10-8-6-4-2)28(36(30,31)32)22-26(25)21-27(23)35-34-33-29;/h65-66,71-76,81-82H,5-64,67-70,77-80H2,1-4H3;19-22,29H,3-18H2,1-2H3,(H,30,31,32);1H4/p-1. The molecule has 1 N–H and O–H groups in total. The van der Waals surface area contributed by atoms with Gasteiger partial charge in [-0.25, -0.2) is 17.8 Å². The molecule has 0 saturated carbocycles. The lowest BCUT2D eigenvalue weighted by atomic mass is 9.90. The second-order valence-electron chi connectivity index (χ2n) is 40.6. The largest absolute Gasteiger partial charge is 0.744 e. The molecule has 6 rings (SSSR count). The molecule has 0 bridgehead atoms. The van der Waals surface area contributed by atoms with Crippen LogP contribution in [0.1, 0.15) is 571 Å². The lowest BCUT2D eigenvalue weighted by Crippen LogP contribution is -2.32. The van der Waals surface area contributed by atoms with E-state index >= 15 is 0 Å². The number of hydrogen-bond acceptors (Lipinski definition) is 10. The van der Waals surface area contributed by atoms with Gasteiger partial charge >= 0.3 is 5.97 Å². The maximum absolute atomic E-state index is 13.1. The maximum atomic E-state index is 13.1. The minimum absolute atomic E-state index is 0. The summed E-state index contributed by atoms with van der Waals surface area (Å²) in [5.41, 5.74) is 6.76. The Bertz CT molecular complexity index is 3850. The van der Waals surface area contributed by atoms with E-state index in [2.05, 4.69) is 96.8 Å². The first-order chi connectivity index (χ1) is 65.4. The minimum Gasteiger partial charge on any atom is -0.744 e. The number of benzene rings is 5. The summed E-state index contributed by atoms with van der Waals surface area (Å²) in [6.07, 6.45) is 106. The fraction of sp³-hybridized carbons (Fsp3) is 0.752. The van der Waals surface area contributed by atoms with Gasteiger partial charge in [0.15, 0.2) is 0 Å². The fourth-order valence-electron chi connectivity index (χ4n) is 20.3. The molecule has 1 aliphatic heterocycles. The van der Waals surface area contributed by atoms with Crippen LogP contribution in [0, 0.1) is 0 Å². The van der Waals surface area contributed by atoms with Crippen molar-refractivity contribution in [2.24, 2.45) is 0 Å². The van der Waals surface area contributed by atoms with Gasteiger partial charge in [0.05, 0.1) is 28.6 Å². The summed E-state index contributed by atoms with van der Waals surface area (Å²) in [5, 5.41) is 28.4. The van der Waals surface area contributed by atoms with Crippen LogP contribution in [0.15, 0.2) is 99.1 Å². The van der Waals surface area contributed by atoms with Crippen molar-refractivity contribution in [3.63, 3.8) is 0 Å². The summed E-state index contributed by atoms with van der Waals surface area (Å²) < 4.78 is 50.6. The summed E-state index contributed by atoms with van der Waals surface area (Å²) >= 11 is 0.817. The van der Waals surface area contributed by atoms with Crippen LogP contribution in [-0.2, 0) is 32.3 Å². The summed E-state index contributed by atoms with van der Waals surface area (Å²) in [7, 11) is -4.61. The van der Waals surface area contributed by atoms with E-state index in [-0.39, 0.29) is 12.3 Å². The Balaban J connectivity index is 0.000000844. The highest BCUT2D eigenvalue weighted by molar-refractivity contribution is 7.94. The molecule has 1 aliphatic carbocycles. The molecule has 0 saturated heterocycles. The van der Waals surface area contributed by atoms with Gasteiger partial charge in [-0.15, -0.1) is 0 Å². The highest BCUT2D eigenvalue weighted by Crippen LogP contribution is 2.43. The molecule has 4 aromatic rings. The average molecular weight is 1900 g/mol. The second-order valence-corrected chi connectivity index (χ2v) is 42.6. The van der Waals surface area contributed by atoms with Gasteiger partial charge in [0.2, 0.25) is 5.36 Å². The van der Waals surface area contributed by atoms with Crippen molar-refractivity contribution in [1.82, 2.24) is 4.58 Å². The molecule has 766 valence electrons. The molecule has 4 aromatic carbocycles. The van der Waals surface area contributed by atoms with Crippen molar-refractivity contribution in [2.75, 3.05) is 31.1 Å². The molecule has 1 heterocycles. The second kappa shape index (κ2) is 84.0. The van der Waals surface area contributed by atoms with E-state index in [0.717, 1.165) is 121 Å². The van der Waals surface area contributed by atoms with E-state index in [1.54, 1.807) is 12.1 Å². The molecule has 0 amide bonds. The molecular weight excluding hydrogens is 1690 g/mol. The van der Waals surface area contributed by atoms with E-state index in [1.165, 1.54) is 486 Å². The molecule has 0 spiro atoms. The van der Waals surface area contributed by atoms with Gasteiger partial charge in [0, 0.05) is 65.2 Å². The number of carboxylic acids is 1. The van der Waals surface area contributed by atoms with E-state index in [0.29, 0.717) is 27.8 Å². The summed E-state index contributed by atoms with van der Waals surface area (Å²) in [4.78, 5) is 16.3. The Morgan fingerprint density at radius 3 is 1.04 bits per heavy atom. The summed E-state index contributed by atoms with van der Waals surface area (Å²) in [5.74, 6) is -0.0399. The van der Waals surface area contributed by atoms with Crippen LogP contribution in [0.2, 0.25) is 0 Å². The lowest BCUT2D eigenvalue weighted by Gasteiger charge is -2.26. The number of carboxylic acid groups (broad SMARTS) is 1. The number of anilines is 1. The van der Waals surface area contributed by atoms with Crippen LogP contribution in [0.5, 0.6) is 0 Å². The normalized spacial score (nSPS) is 11.7. The van der Waals surface area contributed by atoms with Gasteiger partial charge in [-0.2, -0.15) is 4.33 Å². The molecule has 0 unspecified atom stereocenters. The predicted molar refractivity (Wildman–Crippen MR) is 581 cm³/mol. The number of rotatable bonds is 91. The minimum atomic E-state index is -4.61. The van der Waals surface area contributed by atoms with Crippen molar-refractivity contribution in [2.45, 2.75) is 572 Å². The lowest BCUT2D eigenvalue weighted by molar-refractivity contribution is -0.777. The maximum Gasteiger partial charge on any atom is 0.336 e. The molecule has 0 atom stereocenters. The van der Waals surface area contributed by atoms with Gasteiger partial charge < -0.3 is 24.2 Å². The third kappa shape index (κ3) is 57.2. The monoisotopic (exact) mass is 1890 g/mol. The summed E-state index contributed by atoms with van der Waals surface area (Å²) in [6.45, 7) is 17.9. The van der Waals surface area contributed by atoms with Crippen molar-refractivity contribution >= 4 is 55.6 Å². The van der Waals surface area contributed by atoms with E-state index in [1.807, 2.05) is 30.3 Å². The number of nitrogens with zero attached hydrogens (tertiary/aromatic N) is 2. The SMILES string of the molecule is C.CCCCCCCCCCCCCCCCCCN(CCCCCCCCCCCCCCCCCC)c1ccc2c(-c3ccccc3C(=O)O)c3ccc(=[N+](CCCCCCCCCCCCCCCCCC)CCCCCCCCCCCCCCCCCC)cc-3oc2c1.CCCCCCCCCc1cc2cc(CCCCCCCCC)c(S(=O)(=O)[O-])cc2cc1SOO[O-]. The van der Waals surface area contributed by atoms with Crippen LogP contribution in [0.3, 0.4) is 0 Å². The van der Waals surface area contributed by atoms with Crippen LogP contribution < -0.4 is 20.1 Å². The van der Waals surface area contributed by atoms with Crippen molar-refractivity contribution in [3.05, 3.63) is 107 Å². The third-order valence-electron chi connectivity index (χ3n) is 28.7. The number of carbonyl (C=O) groups is 1. The zero-order valence-electron chi connectivity index (χ0n) is 86.9. The number of hydrogen-bond donors (Lipinski definition) is 1. The van der Waals surface area contributed by atoms with Crippen LogP contribution in [-0.4, -0.2) is 50.2 Å². The highest BCUT2D eigenvalue weighted by atomic mass is 32.2. The Hall–Kier alpha value is -4.76. The number of fused-ring (bicyclic) bond motifs is 3. The molecule has 0 aromatic heterocycles.